The molecule has 0 aliphatic carbocycles. The topological polar surface area (TPSA) is 43.1 Å². The fraction of sp³-hybridized carbons (Fsp3) is 0.0667. The van der Waals surface area contributed by atoms with Crippen LogP contribution in [0.15, 0.2) is 54.2 Å². The van der Waals surface area contributed by atoms with E-state index in [1.807, 2.05) is 30.3 Å². The zero-order valence-corrected chi connectivity index (χ0v) is 11.9. The third kappa shape index (κ3) is 3.83. The summed E-state index contributed by atoms with van der Waals surface area (Å²) >= 11 is 11.9. The molecule has 0 fully saturated rings. The van der Waals surface area contributed by atoms with Gasteiger partial charge in [0, 0.05) is 21.7 Å². The summed E-state index contributed by atoms with van der Waals surface area (Å²) in [5, 5.41) is 12.1. The summed E-state index contributed by atoms with van der Waals surface area (Å²) in [7, 11) is 0. The lowest BCUT2D eigenvalue weighted by atomic mass is 10.1. The summed E-state index contributed by atoms with van der Waals surface area (Å²) in [5.74, 6) is 0. The Morgan fingerprint density at radius 2 is 1.85 bits per heavy atom. The van der Waals surface area contributed by atoms with E-state index in [-0.39, 0.29) is 12.1 Å². The Balaban J connectivity index is 2.35. The standard InChI is InChI=1S/C15H11Cl2NO2/c16-13-6-7-15(17)12(9-13)10-14(18(19)20)8-11-4-2-1-3-5-11/h1-7,9-10H,8H2/b14-10+. The average Bonchev–Trinajstić information content (AvgIpc) is 2.43. The smallest absolute Gasteiger partial charge is 0.251 e. The predicted octanol–water partition coefficient (Wildman–Crippen LogP) is 4.85. The Bertz CT molecular complexity index is 654. The van der Waals surface area contributed by atoms with Crippen molar-refractivity contribution in [3.63, 3.8) is 0 Å². The molecule has 0 N–H and O–H groups in total. The first-order chi connectivity index (χ1) is 9.56. The van der Waals surface area contributed by atoms with Gasteiger partial charge in [0.05, 0.1) is 11.3 Å². The molecule has 102 valence electrons. The van der Waals surface area contributed by atoms with Gasteiger partial charge >= 0.3 is 0 Å². The maximum Gasteiger partial charge on any atom is 0.251 e. The summed E-state index contributed by atoms with van der Waals surface area (Å²) < 4.78 is 0. The summed E-state index contributed by atoms with van der Waals surface area (Å²) in [5.41, 5.74) is 1.48. The highest BCUT2D eigenvalue weighted by molar-refractivity contribution is 6.34. The molecule has 0 aliphatic rings. The van der Waals surface area contributed by atoms with Gasteiger partial charge in [-0.3, -0.25) is 10.1 Å². The second kappa shape index (κ2) is 6.55. The quantitative estimate of drug-likeness (QED) is 0.598. The largest absolute Gasteiger partial charge is 0.259 e. The Morgan fingerprint density at radius 1 is 1.15 bits per heavy atom. The molecule has 3 nitrogen and oxygen atoms in total. The maximum atomic E-state index is 11.2. The fourth-order valence-corrected chi connectivity index (χ4v) is 2.13. The van der Waals surface area contributed by atoms with Crippen molar-refractivity contribution in [2.45, 2.75) is 6.42 Å². The number of hydrogen-bond donors (Lipinski definition) is 0. The molecule has 0 amide bonds. The first-order valence-corrected chi connectivity index (χ1v) is 6.66. The Hall–Kier alpha value is -1.84. The van der Waals surface area contributed by atoms with E-state index in [4.69, 9.17) is 23.2 Å². The van der Waals surface area contributed by atoms with E-state index in [1.165, 1.54) is 6.08 Å². The van der Waals surface area contributed by atoms with Crippen LogP contribution in [0.2, 0.25) is 10.0 Å². The van der Waals surface area contributed by atoms with Gasteiger partial charge in [-0.2, -0.15) is 0 Å². The zero-order chi connectivity index (χ0) is 14.5. The number of nitro groups is 1. The van der Waals surface area contributed by atoms with Gasteiger partial charge in [-0.05, 0) is 23.8 Å². The third-order valence-corrected chi connectivity index (χ3v) is 3.32. The van der Waals surface area contributed by atoms with Gasteiger partial charge in [0.1, 0.15) is 0 Å². The van der Waals surface area contributed by atoms with Crippen molar-refractivity contribution in [2.24, 2.45) is 0 Å². The number of hydrogen-bond acceptors (Lipinski definition) is 2. The summed E-state index contributed by atoms with van der Waals surface area (Å²) in [6.07, 6.45) is 1.69. The molecule has 0 radical (unpaired) electrons. The van der Waals surface area contributed by atoms with E-state index in [0.29, 0.717) is 15.6 Å². The fourth-order valence-electron chi connectivity index (χ4n) is 1.78. The third-order valence-electron chi connectivity index (χ3n) is 2.74. The van der Waals surface area contributed by atoms with Gasteiger partial charge in [0.15, 0.2) is 0 Å². The molecule has 20 heavy (non-hydrogen) atoms. The van der Waals surface area contributed by atoms with Gasteiger partial charge in [-0.25, -0.2) is 0 Å². The predicted molar refractivity (Wildman–Crippen MR) is 81.6 cm³/mol. The minimum absolute atomic E-state index is 0.0698. The molecule has 2 aromatic carbocycles. The van der Waals surface area contributed by atoms with Crippen molar-refractivity contribution in [2.75, 3.05) is 0 Å². The second-order valence-corrected chi connectivity index (χ2v) is 5.06. The van der Waals surface area contributed by atoms with Crippen LogP contribution < -0.4 is 0 Å². The molecule has 5 heteroatoms. The number of nitrogens with zero attached hydrogens (tertiary/aromatic N) is 1. The van der Waals surface area contributed by atoms with E-state index in [1.54, 1.807) is 18.2 Å². The highest BCUT2D eigenvalue weighted by Gasteiger charge is 2.13. The van der Waals surface area contributed by atoms with Crippen molar-refractivity contribution >= 4 is 29.3 Å². The second-order valence-electron chi connectivity index (χ2n) is 4.22. The van der Waals surface area contributed by atoms with Crippen molar-refractivity contribution in [3.05, 3.63) is 85.5 Å². The number of halogens is 2. The van der Waals surface area contributed by atoms with Crippen LogP contribution in [-0.2, 0) is 6.42 Å². The van der Waals surface area contributed by atoms with Gasteiger partial charge in [-0.15, -0.1) is 0 Å². The van der Waals surface area contributed by atoms with E-state index in [9.17, 15) is 10.1 Å². The molecule has 0 heterocycles. The molecule has 0 atom stereocenters. The molecule has 0 unspecified atom stereocenters. The SMILES string of the molecule is O=[N+]([O-])/C(=C/c1cc(Cl)ccc1Cl)Cc1ccccc1. The lowest BCUT2D eigenvalue weighted by molar-refractivity contribution is -0.425. The monoisotopic (exact) mass is 307 g/mol. The maximum absolute atomic E-state index is 11.2. The summed E-state index contributed by atoms with van der Waals surface area (Å²) in [6, 6.07) is 14.1. The van der Waals surface area contributed by atoms with Gasteiger partial charge in [0.25, 0.3) is 5.70 Å². The van der Waals surface area contributed by atoms with Crippen LogP contribution in [0.4, 0.5) is 0 Å². The van der Waals surface area contributed by atoms with Gasteiger partial charge in [0.2, 0.25) is 0 Å². The lowest BCUT2D eigenvalue weighted by Crippen LogP contribution is -2.02. The molecule has 0 aromatic heterocycles. The molecule has 0 aliphatic heterocycles. The minimum atomic E-state index is -0.399. The van der Waals surface area contributed by atoms with Crippen LogP contribution in [0, 0.1) is 10.1 Å². The zero-order valence-electron chi connectivity index (χ0n) is 10.4. The first kappa shape index (κ1) is 14.6. The first-order valence-electron chi connectivity index (χ1n) is 5.90. The van der Waals surface area contributed by atoms with Crippen LogP contribution in [0.5, 0.6) is 0 Å². The molecular weight excluding hydrogens is 297 g/mol. The number of rotatable bonds is 4. The van der Waals surface area contributed by atoms with Crippen molar-refractivity contribution in [3.8, 4) is 0 Å². The molecule has 0 saturated carbocycles. The molecule has 0 spiro atoms. The van der Waals surface area contributed by atoms with Crippen LogP contribution in [-0.4, -0.2) is 4.92 Å². The van der Waals surface area contributed by atoms with E-state index < -0.39 is 4.92 Å². The van der Waals surface area contributed by atoms with Crippen molar-refractivity contribution < 1.29 is 4.92 Å². The molecule has 0 saturated heterocycles. The lowest BCUT2D eigenvalue weighted by Gasteiger charge is -2.02. The Kier molecular flexibility index (Phi) is 4.77. The molecular formula is C15H11Cl2NO2. The van der Waals surface area contributed by atoms with E-state index in [2.05, 4.69) is 0 Å². The van der Waals surface area contributed by atoms with Crippen LogP contribution >= 0.6 is 23.2 Å². The van der Waals surface area contributed by atoms with Crippen LogP contribution in [0.25, 0.3) is 6.08 Å². The average molecular weight is 308 g/mol. The van der Waals surface area contributed by atoms with E-state index >= 15 is 0 Å². The highest BCUT2D eigenvalue weighted by atomic mass is 35.5. The Labute approximate surface area is 126 Å². The van der Waals surface area contributed by atoms with Crippen molar-refractivity contribution in [1.29, 1.82) is 0 Å². The highest BCUT2D eigenvalue weighted by Crippen LogP contribution is 2.24. The normalized spacial score (nSPS) is 11.4. The number of allylic oxidation sites excluding steroid dienone is 1. The van der Waals surface area contributed by atoms with Gasteiger partial charge in [-0.1, -0.05) is 53.5 Å². The number of benzene rings is 2. The molecule has 2 aromatic rings. The van der Waals surface area contributed by atoms with E-state index in [0.717, 1.165) is 5.56 Å². The van der Waals surface area contributed by atoms with Gasteiger partial charge < -0.3 is 0 Å². The molecule has 0 bridgehead atoms. The molecule has 2 rings (SSSR count). The summed E-state index contributed by atoms with van der Waals surface area (Å²) in [4.78, 5) is 10.8. The minimum Gasteiger partial charge on any atom is -0.259 e. The van der Waals surface area contributed by atoms with Crippen LogP contribution in [0.3, 0.4) is 0 Å². The van der Waals surface area contributed by atoms with Crippen LogP contribution in [0.1, 0.15) is 11.1 Å². The Morgan fingerprint density at radius 3 is 2.50 bits per heavy atom. The summed E-state index contributed by atoms with van der Waals surface area (Å²) in [6.45, 7) is 0. The van der Waals surface area contributed by atoms with Crippen molar-refractivity contribution in [1.82, 2.24) is 0 Å².